The Morgan fingerprint density at radius 2 is 1.94 bits per heavy atom. The number of nitrogens with one attached hydrogen (secondary N) is 2. The molecule has 1 aliphatic carbocycles. The second kappa shape index (κ2) is 11.1. The molecule has 1 saturated carbocycles. The molecule has 3 aromatic rings. The molecule has 1 aromatic heterocycles. The van der Waals surface area contributed by atoms with Gasteiger partial charge in [0.25, 0.3) is 0 Å². The molecular weight excluding hydrogens is 426 g/mol. The Morgan fingerprint density at radius 3 is 2.68 bits per heavy atom. The van der Waals surface area contributed by atoms with Crippen LogP contribution in [0, 0.1) is 0 Å². The van der Waals surface area contributed by atoms with Crippen LogP contribution in [0.1, 0.15) is 44.2 Å². The number of fused-ring (bicyclic) bond motifs is 1. The number of anilines is 2. The summed E-state index contributed by atoms with van der Waals surface area (Å²) in [6.07, 6.45) is 9.51. The number of rotatable bonds is 9. The molecule has 34 heavy (non-hydrogen) atoms. The standard InChI is InChI=1S/C27H33N5O2/c1-19(20-10-5-4-6-11-20)30-27-22-16-24(31-26(33)14-9-15-32(2)3)25(17-23(22)28-18-29-27)34-21-12-7-8-13-21/h4-6,9-11,14,16-19,21H,7-8,12-13,15H2,1-3H3,(H,31,33)(H,28,29,30)/t19-/m1/s1. The lowest BCUT2D eigenvalue weighted by Gasteiger charge is -2.19. The molecule has 7 heteroatoms. The van der Waals surface area contributed by atoms with Crippen molar-refractivity contribution in [3.8, 4) is 5.75 Å². The number of benzene rings is 2. The van der Waals surface area contributed by atoms with Gasteiger partial charge in [0.1, 0.15) is 17.9 Å². The first-order valence-electron chi connectivity index (χ1n) is 11.9. The fourth-order valence-electron chi connectivity index (χ4n) is 4.15. The maximum Gasteiger partial charge on any atom is 0.248 e. The van der Waals surface area contributed by atoms with E-state index in [0.29, 0.717) is 23.8 Å². The highest BCUT2D eigenvalue weighted by atomic mass is 16.5. The van der Waals surface area contributed by atoms with E-state index in [1.165, 1.54) is 12.8 Å². The van der Waals surface area contributed by atoms with E-state index < -0.39 is 0 Å². The van der Waals surface area contributed by atoms with Gasteiger partial charge in [-0.1, -0.05) is 36.4 Å². The average molecular weight is 460 g/mol. The number of likely N-dealkylation sites (N-methyl/N-ethyl adjacent to an activating group) is 1. The Bertz CT molecular complexity index is 1140. The molecule has 0 saturated heterocycles. The first kappa shape index (κ1) is 23.7. The van der Waals surface area contributed by atoms with Crippen LogP contribution >= 0.6 is 0 Å². The van der Waals surface area contributed by atoms with Crippen molar-refractivity contribution in [2.45, 2.75) is 44.8 Å². The molecule has 1 aliphatic rings. The first-order chi connectivity index (χ1) is 16.5. The molecule has 1 amide bonds. The van der Waals surface area contributed by atoms with Gasteiger partial charge >= 0.3 is 0 Å². The monoisotopic (exact) mass is 459 g/mol. The van der Waals surface area contributed by atoms with Crippen molar-refractivity contribution >= 4 is 28.3 Å². The normalized spacial score (nSPS) is 15.2. The van der Waals surface area contributed by atoms with E-state index in [2.05, 4.69) is 39.7 Å². The zero-order chi connectivity index (χ0) is 23.9. The van der Waals surface area contributed by atoms with E-state index in [1.807, 2.05) is 55.4 Å². The Labute approximate surface area is 201 Å². The highest BCUT2D eigenvalue weighted by Crippen LogP contribution is 2.36. The molecule has 4 rings (SSSR count). The topological polar surface area (TPSA) is 79.4 Å². The van der Waals surface area contributed by atoms with Gasteiger partial charge in [0.2, 0.25) is 5.91 Å². The summed E-state index contributed by atoms with van der Waals surface area (Å²) in [7, 11) is 3.92. The van der Waals surface area contributed by atoms with Gasteiger partial charge in [0.15, 0.2) is 0 Å². The Hall–Kier alpha value is -3.45. The molecule has 7 nitrogen and oxygen atoms in total. The molecule has 1 fully saturated rings. The van der Waals surface area contributed by atoms with Crippen LogP contribution < -0.4 is 15.4 Å². The number of ether oxygens (including phenoxy) is 1. The third-order valence-electron chi connectivity index (χ3n) is 5.98. The van der Waals surface area contributed by atoms with E-state index >= 15 is 0 Å². The summed E-state index contributed by atoms with van der Waals surface area (Å²) in [5.41, 5.74) is 2.56. The van der Waals surface area contributed by atoms with Gasteiger partial charge in [-0.15, -0.1) is 0 Å². The van der Waals surface area contributed by atoms with Crippen LogP contribution in [0.25, 0.3) is 10.9 Å². The van der Waals surface area contributed by atoms with Crippen molar-refractivity contribution in [3.63, 3.8) is 0 Å². The van der Waals surface area contributed by atoms with Crippen molar-refractivity contribution in [1.82, 2.24) is 14.9 Å². The van der Waals surface area contributed by atoms with Crippen LogP contribution in [-0.4, -0.2) is 47.5 Å². The molecule has 178 valence electrons. The predicted octanol–water partition coefficient (Wildman–Crippen LogP) is 5.18. The summed E-state index contributed by atoms with van der Waals surface area (Å²) in [4.78, 5) is 23.6. The lowest BCUT2D eigenvalue weighted by Crippen LogP contribution is -2.16. The van der Waals surface area contributed by atoms with Gasteiger partial charge in [-0.3, -0.25) is 4.79 Å². The summed E-state index contributed by atoms with van der Waals surface area (Å²) in [6.45, 7) is 2.79. The number of carbonyl (C=O) groups excluding carboxylic acids is 1. The number of nitrogens with zero attached hydrogens (tertiary/aromatic N) is 3. The summed E-state index contributed by atoms with van der Waals surface area (Å²) in [5, 5.41) is 7.34. The Kier molecular flexibility index (Phi) is 7.75. The van der Waals surface area contributed by atoms with Crippen LogP contribution in [0.15, 0.2) is 60.9 Å². The summed E-state index contributed by atoms with van der Waals surface area (Å²) in [5.74, 6) is 1.17. The van der Waals surface area contributed by atoms with Gasteiger partial charge in [-0.2, -0.15) is 0 Å². The molecular formula is C27H33N5O2. The highest BCUT2D eigenvalue weighted by Gasteiger charge is 2.20. The SMILES string of the molecule is C[C@@H](Nc1ncnc2cc(OC3CCCC3)c(NC(=O)C=CCN(C)C)cc12)c1ccccc1. The molecule has 2 N–H and O–H groups in total. The van der Waals surface area contributed by atoms with Crippen molar-refractivity contribution in [2.75, 3.05) is 31.3 Å². The minimum absolute atomic E-state index is 0.0562. The Balaban J connectivity index is 1.65. The molecule has 0 bridgehead atoms. The fraction of sp³-hybridized carbons (Fsp3) is 0.370. The highest BCUT2D eigenvalue weighted by molar-refractivity contribution is 6.03. The average Bonchev–Trinajstić information content (AvgIpc) is 3.33. The molecule has 0 unspecified atom stereocenters. The zero-order valence-corrected chi connectivity index (χ0v) is 20.1. The number of hydrogen-bond acceptors (Lipinski definition) is 6. The minimum Gasteiger partial charge on any atom is -0.488 e. The molecule has 0 spiro atoms. The minimum atomic E-state index is -0.193. The predicted molar refractivity (Wildman–Crippen MR) is 137 cm³/mol. The molecule has 2 aromatic carbocycles. The van der Waals surface area contributed by atoms with Crippen molar-refractivity contribution in [3.05, 3.63) is 66.5 Å². The maximum absolute atomic E-state index is 12.6. The largest absolute Gasteiger partial charge is 0.488 e. The van der Waals surface area contributed by atoms with Crippen molar-refractivity contribution in [1.29, 1.82) is 0 Å². The van der Waals surface area contributed by atoms with Crippen LogP contribution in [0.2, 0.25) is 0 Å². The van der Waals surface area contributed by atoms with E-state index in [-0.39, 0.29) is 18.1 Å². The van der Waals surface area contributed by atoms with E-state index in [0.717, 1.165) is 29.3 Å². The number of aromatic nitrogens is 2. The van der Waals surface area contributed by atoms with E-state index in [9.17, 15) is 4.79 Å². The van der Waals surface area contributed by atoms with Gasteiger partial charge < -0.3 is 20.3 Å². The fourth-order valence-corrected chi connectivity index (χ4v) is 4.15. The van der Waals surface area contributed by atoms with Crippen LogP contribution in [0.5, 0.6) is 5.75 Å². The van der Waals surface area contributed by atoms with Crippen LogP contribution in [-0.2, 0) is 4.79 Å². The quantitative estimate of drug-likeness (QED) is 0.429. The van der Waals surface area contributed by atoms with Gasteiger partial charge in [0, 0.05) is 30.1 Å². The lowest BCUT2D eigenvalue weighted by molar-refractivity contribution is -0.111. The molecule has 0 radical (unpaired) electrons. The number of hydrogen-bond donors (Lipinski definition) is 2. The smallest absolute Gasteiger partial charge is 0.248 e. The third-order valence-corrected chi connectivity index (χ3v) is 5.98. The number of carbonyl (C=O) groups is 1. The van der Waals surface area contributed by atoms with Gasteiger partial charge in [-0.25, -0.2) is 9.97 Å². The second-order valence-corrected chi connectivity index (χ2v) is 9.04. The zero-order valence-electron chi connectivity index (χ0n) is 20.1. The van der Waals surface area contributed by atoms with Crippen molar-refractivity contribution < 1.29 is 9.53 Å². The van der Waals surface area contributed by atoms with Gasteiger partial charge in [0.05, 0.1) is 17.3 Å². The summed E-state index contributed by atoms with van der Waals surface area (Å²) < 4.78 is 6.32. The lowest BCUT2D eigenvalue weighted by atomic mass is 10.1. The van der Waals surface area contributed by atoms with Crippen LogP contribution in [0.4, 0.5) is 11.5 Å². The third kappa shape index (κ3) is 6.11. The maximum atomic E-state index is 12.6. The Morgan fingerprint density at radius 1 is 1.18 bits per heavy atom. The molecule has 0 aliphatic heterocycles. The summed E-state index contributed by atoms with van der Waals surface area (Å²) >= 11 is 0. The van der Waals surface area contributed by atoms with Crippen LogP contribution in [0.3, 0.4) is 0 Å². The molecule has 1 heterocycles. The number of amides is 1. The van der Waals surface area contributed by atoms with E-state index in [1.54, 1.807) is 12.4 Å². The summed E-state index contributed by atoms with van der Waals surface area (Å²) in [6, 6.07) is 14.1. The first-order valence-corrected chi connectivity index (χ1v) is 11.9. The van der Waals surface area contributed by atoms with E-state index in [4.69, 9.17) is 4.74 Å². The second-order valence-electron chi connectivity index (χ2n) is 9.04. The van der Waals surface area contributed by atoms with Gasteiger partial charge in [-0.05, 0) is 58.3 Å². The van der Waals surface area contributed by atoms with Crippen molar-refractivity contribution in [2.24, 2.45) is 0 Å². The molecule has 1 atom stereocenters.